The van der Waals surface area contributed by atoms with Crippen LogP contribution < -0.4 is 10.1 Å². The largest absolute Gasteiger partial charge is 0.493 e. The fraction of sp³-hybridized carbons (Fsp3) is 0.571. The summed E-state index contributed by atoms with van der Waals surface area (Å²) in [6.45, 7) is 6.84. The summed E-state index contributed by atoms with van der Waals surface area (Å²) in [5.74, 6) is 0.685. The Morgan fingerprint density at radius 3 is 2.88 bits per heavy atom. The van der Waals surface area contributed by atoms with Crippen LogP contribution in [0.2, 0.25) is 0 Å². The lowest BCUT2D eigenvalue weighted by Crippen LogP contribution is -2.28. The summed E-state index contributed by atoms with van der Waals surface area (Å²) >= 11 is 0. The van der Waals surface area contributed by atoms with Gasteiger partial charge in [-0.1, -0.05) is 13.8 Å². The predicted molar refractivity (Wildman–Crippen MR) is 66.9 cm³/mol. The average Bonchev–Trinajstić information content (AvgIpc) is 2.41. The fourth-order valence-corrected chi connectivity index (χ4v) is 2.40. The van der Waals surface area contributed by atoms with Gasteiger partial charge in [-0.3, -0.25) is 0 Å². The molecule has 1 atom stereocenters. The zero-order chi connectivity index (χ0) is 12.4. The molecule has 0 aromatic heterocycles. The zero-order valence-electron chi connectivity index (χ0n) is 10.7. The first-order valence-corrected chi connectivity index (χ1v) is 6.27. The number of halogens is 1. The van der Waals surface area contributed by atoms with E-state index in [2.05, 4.69) is 19.2 Å². The molecule has 1 aliphatic heterocycles. The standard InChI is InChI=1S/C14H20FNO/c1-9(2)16-13-5-4-6-17-14-10(3)7-11(15)8-12(13)14/h7-9,13,16H,4-6H2,1-3H3. The van der Waals surface area contributed by atoms with Gasteiger partial charge in [0.15, 0.2) is 0 Å². The van der Waals surface area contributed by atoms with E-state index in [0.717, 1.165) is 36.3 Å². The molecule has 2 rings (SSSR count). The van der Waals surface area contributed by atoms with Gasteiger partial charge in [0.2, 0.25) is 0 Å². The Morgan fingerprint density at radius 1 is 1.41 bits per heavy atom. The molecular formula is C14H20FNO. The molecule has 1 aromatic carbocycles. The molecule has 1 unspecified atom stereocenters. The Labute approximate surface area is 102 Å². The Bertz CT molecular complexity index is 403. The second-order valence-corrected chi connectivity index (χ2v) is 5.01. The minimum absolute atomic E-state index is 0.178. The van der Waals surface area contributed by atoms with E-state index in [0.29, 0.717) is 6.04 Å². The lowest BCUT2D eigenvalue weighted by Gasteiger charge is -2.21. The number of ether oxygens (including phenoxy) is 1. The van der Waals surface area contributed by atoms with Gasteiger partial charge in [-0.05, 0) is 37.5 Å². The van der Waals surface area contributed by atoms with Crippen LogP contribution in [0.15, 0.2) is 12.1 Å². The molecular weight excluding hydrogens is 217 g/mol. The molecule has 0 fully saturated rings. The van der Waals surface area contributed by atoms with Crippen LogP contribution in [0.1, 0.15) is 43.9 Å². The number of nitrogens with one attached hydrogen (secondary N) is 1. The van der Waals surface area contributed by atoms with Crippen LogP contribution in [0.4, 0.5) is 4.39 Å². The smallest absolute Gasteiger partial charge is 0.127 e. The first kappa shape index (κ1) is 12.4. The minimum atomic E-state index is -0.178. The van der Waals surface area contributed by atoms with Crippen molar-refractivity contribution in [3.63, 3.8) is 0 Å². The summed E-state index contributed by atoms with van der Waals surface area (Å²) in [5, 5.41) is 3.49. The summed E-state index contributed by atoms with van der Waals surface area (Å²) in [4.78, 5) is 0. The molecule has 17 heavy (non-hydrogen) atoms. The van der Waals surface area contributed by atoms with E-state index in [9.17, 15) is 4.39 Å². The average molecular weight is 237 g/mol. The first-order valence-electron chi connectivity index (χ1n) is 6.27. The summed E-state index contributed by atoms with van der Waals surface area (Å²) in [7, 11) is 0. The van der Waals surface area contributed by atoms with Gasteiger partial charge in [-0.2, -0.15) is 0 Å². The molecule has 1 aliphatic rings. The predicted octanol–water partition coefficient (Wildman–Crippen LogP) is 3.35. The molecule has 0 radical (unpaired) electrons. The molecule has 3 heteroatoms. The first-order chi connectivity index (χ1) is 8.08. The van der Waals surface area contributed by atoms with Crippen molar-refractivity contribution in [2.75, 3.05) is 6.61 Å². The highest BCUT2D eigenvalue weighted by Gasteiger charge is 2.22. The second-order valence-electron chi connectivity index (χ2n) is 5.01. The van der Waals surface area contributed by atoms with Crippen LogP contribution in [-0.4, -0.2) is 12.6 Å². The monoisotopic (exact) mass is 237 g/mol. The number of hydrogen-bond acceptors (Lipinski definition) is 2. The van der Waals surface area contributed by atoms with E-state index in [1.807, 2.05) is 6.92 Å². The molecule has 2 nitrogen and oxygen atoms in total. The molecule has 0 bridgehead atoms. The van der Waals surface area contributed by atoms with Crippen molar-refractivity contribution in [1.29, 1.82) is 0 Å². The summed E-state index contributed by atoms with van der Waals surface area (Å²) < 4.78 is 19.3. The van der Waals surface area contributed by atoms with Gasteiger partial charge in [0.25, 0.3) is 0 Å². The topological polar surface area (TPSA) is 21.3 Å². The molecule has 1 heterocycles. The van der Waals surface area contributed by atoms with Gasteiger partial charge in [-0.15, -0.1) is 0 Å². The Hall–Kier alpha value is -1.09. The van der Waals surface area contributed by atoms with Crippen molar-refractivity contribution in [3.05, 3.63) is 29.1 Å². The lowest BCUT2D eigenvalue weighted by molar-refractivity contribution is 0.312. The Balaban J connectivity index is 2.40. The van der Waals surface area contributed by atoms with E-state index < -0.39 is 0 Å². The molecule has 94 valence electrons. The highest BCUT2D eigenvalue weighted by molar-refractivity contribution is 5.43. The normalized spacial score (nSPS) is 19.7. The Morgan fingerprint density at radius 2 is 2.18 bits per heavy atom. The SMILES string of the molecule is Cc1cc(F)cc2c1OCCCC2NC(C)C. The van der Waals surface area contributed by atoms with Crippen LogP contribution in [0.5, 0.6) is 5.75 Å². The quantitative estimate of drug-likeness (QED) is 0.851. The van der Waals surface area contributed by atoms with Gasteiger partial charge < -0.3 is 10.1 Å². The van der Waals surface area contributed by atoms with Crippen molar-refractivity contribution in [2.45, 2.75) is 45.7 Å². The van der Waals surface area contributed by atoms with Crippen molar-refractivity contribution < 1.29 is 9.13 Å². The lowest BCUT2D eigenvalue weighted by atomic mass is 9.99. The third kappa shape index (κ3) is 2.78. The van der Waals surface area contributed by atoms with E-state index >= 15 is 0 Å². The van der Waals surface area contributed by atoms with Gasteiger partial charge in [0, 0.05) is 17.6 Å². The van der Waals surface area contributed by atoms with Crippen molar-refractivity contribution in [2.24, 2.45) is 0 Å². The van der Waals surface area contributed by atoms with E-state index in [1.54, 1.807) is 6.07 Å². The van der Waals surface area contributed by atoms with E-state index in [1.165, 1.54) is 6.07 Å². The van der Waals surface area contributed by atoms with E-state index in [4.69, 9.17) is 4.74 Å². The molecule has 0 saturated carbocycles. The van der Waals surface area contributed by atoms with Crippen LogP contribution in [0, 0.1) is 12.7 Å². The van der Waals surface area contributed by atoms with Gasteiger partial charge in [0.05, 0.1) is 6.61 Å². The van der Waals surface area contributed by atoms with Gasteiger partial charge >= 0.3 is 0 Å². The minimum Gasteiger partial charge on any atom is -0.493 e. The van der Waals surface area contributed by atoms with Crippen LogP contribution in [-0.2, 0) is 0 Å². The van der Waals surface area contributed by atoms with Crippen molar-refractivity contribution in [1.82, 2.24) is 5.32 Å². The summed E-state index contributed by atoms with van der Waals surface area (Å²) in [6, 6.07) is 3.72. The van der Waals surface area contributed by atoms with Crippen LogP contribution in [0.3, 0.4) is 0 Å². The fourth-order valence-electron chi connectivity index (χ4n) is 2.40. The number of fused-ring (bicyclic) bond motifs is 1. The highest BCUT2D eigenvalue weighted by atomic mass is 19.1. The molecule has 0 aliphatic carbocycles. The summed E-state index contributed by atoms with van der Waals surface area (Å²) in [5.41, 5.74) is 1.85. The zero-order valence-corrected chi connectivity index (χ0v) is 10.7. The van der Waals surface area contributed by atoms with Crippen molar-refractivity contribution in [3.8, 4) is 5.75 Å². The molecule has 1 aromatic rings. The maximum atomic E-state index is 13.5. The maximum absolute atomic E-state index is 13.5. The number of benzene rings is 1. The third-order valence-corrected chi connectivity index (χ3v) is 3.06. The van der Waals surface area contributed by atoms with Gasteiger partial charge in [-0.25, -0.2) is 4.39 Å². The van der Waals surface area contributed by atoms with E-state index in [-0.39, 0.29) is 11.9 Å². The van der Waals surface area contributed by atoms with Crippen LogP contribution in [0.25, 0.3) is 0 Å². The second kappa shape index (κ2) is 5.05. The van der Waals surface area contributed by atoms with Gasteiger partial charge in [0.1, 0.15) is 11.6 Å². The number of aryl methyl sites for hydroxylation is 1. The highest BCUT2D eigenvalue weighted by Crippen LogP contribution is 2.35. The molecule has 0 amide bonds. The number of hydrogen-bond donors (Lipinski definition) is 1. The third-order valence-electron chi connectivity index (χ3n) is 3.06. The summed E-state index contributed by atoms with van der Waals surface area (Å²) in [6.07, 6.45) is 1.99. The van der Waals surface area contributed by atoms with Crippen molar-refractivity contribution >= 4 is 0 Å². The molecule has 0 saturated heterocycles. The molecule has 1 N–H and O–H groups in total. The molecule has 0 spiro atoms. The number of rotatable bonds is 2. The Kier molecular flexibility index (Phi) is 3.67. The maximum Gasteiger partial charge on any atom is 0.127 e. The van der Waals surface area contributed by atoms with Crippen LogP contribution >= 0.6 is 0 Å².